The molecular formula is C21H22N2O3S. The zero-order valence-electron chi connectivity index (χ0n) is 15.4. The van der Waals surface area contributed by atoms with E-state index in [2.05, 4.69) is 4.98 Å². The lowest BCUT2D eigenvalue weighted by Gasteiger charge is -2.18. The van der Waals surface area contributed by atoms with Gasteiger partial charge in [-0.25, -0.2) is 4.98 Å². The molecule has 0 fully saturated rings. The molecule has 0 saturated heterocycles. The zero-order chi connectivity index (χ0) is 19.2. The quantitative estimate of drug-likeness (QED) is 0.583. The van der Waals surface area contributed by atoms with Crippen molar-refractivity contribution < 1.29 is 14.1 Å². The number of nitrogens with zero attached hydrogens (tertiary/aromatic N) is 2. The average Bonchev–Trinajstić information content (AvgIpc) is 2.72. The van der Waals surface area contributed by atoms with Crippen molar-refractivity contribution in [3.63, 3.8) is 0 Å². The molecule has 3 aromatic rings. The molecule has 140 valence electrons. The van der Waals surface area contributed by atoms with Gasteiger partial charge in [0.1, 0.15) is 17.3 Å². The fourth-order valence-corrected chi connectivity index (χ4v) is 3.94. The van der Waals surface area contributed by atoms with Crippen molar-refractivity contribution in [1.82, 2.24) is 4.98 Å². The van der Waals surface area contributed by atoms with Crippen LogP contribution in [0.1, 0.15) is 12.8 Å². The Morgan fingerprint density at radius 2 is 1.89 bits per heavy atom. The van der Waals surface area contributed by atoms with Gasteiger partial charge in [-0.2, -0.15) is 0 Å². The van der Waals surface area contributed by atoms with Gasteiger partial charge in [-0.15, -0.1) is 0 Å². The molecule has 1 atom stereocenters. The summed E-state index contributed by atoms with van der Waals surface area (Å²) in [7, 11) is 3.33. The Bertz CT molecular complexity index is 909. The Morgan fingerprint density at radius 1 is 1.15 bits per heavy atom. The molecule has 0 aliphatic rings. The number of methoxy groups -OCH3 is 1. The lowest BCUT2D eigenvalue weighted by Crippen LogP contribution is -2.27. The second-order valence-electron chi connectivity index (χ2n) is 6.14. The minimum atomic E-state index is -1.13. The Morgan fingerprint density at radius 3 is 2.63 bits per heavy atom. The number of aromatic nitrogens is 1. The minimum Gasteiger partial charge on any atom is -0.611 e. The van der Waals surface area contributed by atoms with E-state index in [-0.39, 0.29) is 5.91 Å². The van der Waals surface area contributed by atoms with E-state index in [1.54, 1.807) is 49.5 Å². The number of hydrogen-bond acceptors (Lipinski definition) is 4. The highest BCUT2D eigenvalue weighted by molar-refractivity contribution is 7.91. The number of carbonyl (C=O) groups is 1. The van der Waals surface area contributed by atoms with Crippen LogP contribution in [0, 0.1) is 0 Å². The molecular weight excluding hydrogens is 360 g/mol. The average molecular weight is 382 g/mol. The summed E-state index contributed by atoms with van der Waals surface area (Å²) in [5.41, 5.74) is 0. The van der Waals surface area contributed by atoms with E-state index in [1.807, 2.05) is 30.3 Å². The normalized spacial score (nSPS) is 12.0. The number of ether oxygens (including phenoxy) is 1. The van der Waals surface area contributed by atoms with Gasteiger partial charge in [0, 0.05) is 31.5 Å². The van der Waals surface area contributed by atoms with Gasteiger partial charge in [-0.3, -0.25) is 9.69 Å². The van der Waals surface area contributed by atoms with Gasteiger partial charge >= 0.3 is 0 Å². The van der Waals surface area contributed by atoms with E-state index in [9.17, 15) is 9.35 Å². The summed E-state index contributed by atoms with van der Waals surface area (Å²) in [6.45, 7) is 0. The van der Waals surface area contributed by atoms with Crippen LogP contribution < -0.4 is 9.64 Å². The summed E-state index contributed by atoms with van der Waals surface area (Å²) in [6, 6.07) is 16.9. The molecule has 3 rings (SSSR count). The topological polar surface area (TPSA) is 65.5 Å². The minimum absolute atomic E-state index is 0.0365. The maximum atomic E-state index is 12.6. The number of amides is 1. The van der Waals surface area contributed by atoms with E-state index < -0.39 is 11.2 Å². The van der Waals surface area contributed by atoms with E-state index in [1.165, 1.54) is 0 Å². The first-order valence-electron chi connectivity index (χ1n) is 8.73. The monoisotopic (exact) mass is 382 g/mol. The third-order valence-corrected chi connectivity index (χ3v) is 5.84. The Balaban J connectivity index is 1.58. The summed E-state index contributed by atoms with van der Waals surface area (Å²) >= 11 is -1.13. The van der Waals surface area contributed by atoms with Crippen LogP contribution in [0.5, 0.6) is 5.75 Å². The zero-order valence-corrected chi connectivity index (χ0v) is 16.2. The predicted molar refractivity (Wildman–Crippen MR) is 109 cm³/mol. The molecule has 0 radical (unpaired) electrons. The number of carbonyl (C=O) groups excluding carboxylic acids is 1. The fourth-order valence-electron chi connectivity index (χ4n) is 2.86. The lowest BCUT2D eigenvalue weighted by atomic mass is 10.1. The van der Waals surface area contributed by atoms with Gasteiger partial charge in [0.2, 0.25) is 5.91 Å². The highest BCUT2D eigenvalue weighted by Crippen LogP contribution is 2.24. The largest absolute Gasteiger partial charge is 0.611 e. The fraction of sp³-hybridized carbons (Fsp3) is 0.238. The molecule has 0 aliphatic heterocycles. The third-order valence-electron chi connectivity index (χ3n) is 4.39. The highest BCUT2D eigenvalue weighted by Gasteiger charge is 2.17. The molecule has 6 heteroatoms. The number of fused-ring (bicyclic) bond motifs is 1. The van der Waals surface area contributed by atoms with Crippen LogP contribution in [0.15, 0.2) is 65.7 Å². The van der Waals surface area contributed by atoms with Gasteiger partial charge in [0.15, 0.2) is 4.90 Å². The first-order valence-corrected chi connectivity index (χ1v) is 10.0. The predicted octanol–water partition coefficient (Wildman–Crippen LogP) is 3.79. The SMILES string of the molecule is COc1ccc([S+]([O-])CCCC(=O)N(C)c2nccc3ccccc23)cc1. The smallest absolute Gasteiger partial charge is 0.228 e. The summed E-state index contributed by atoms with van der Waals surface area (Å²) in [5, 5.41) is 1.99. The van der Waals surface area contributed by atoms with Crippen molar-refractivity contribution in [3.05, 3.63) is 60.8 Å². The van der Waals surface area contributed by atoms with Crippen LogP contribution in [0.2, 0.25) is 0 Å². The second-order valence-corrected chi connectivity index (χ2v) is 7.71. The van der Waals surface area contributed by atoms with Gasteiger partial charge in [0.25, 0.3) is 0 Å². The van der Waals surface area contributed by atoms with Crippen molar-refractivity contribution in [1.29, 1.82) is 0 Å². The number of pyridine rings is 1. The molecule has 1 heterocycles. The number of hydrogen-bond donors (Lipinski definition) is 0. The molecule has 0 bridgehead atoms. The van der Waals surface area contributed by atoms with E-state index in [4.69, 9.17) is 4.74 Å². The second kappa shape index (κ2) is 8.88. The summed E-state index contributed by atoms with van der Waals surface area (Å²) in [5.74, 6) is 1.78. The van der Waals surface area contributed by atoms with Crippen LogP contribution in [0.3, 0.4) is 0 Å². The first kappa shape index (κ1) is 19.2. The Labute approximate surface area is 162 Å². The highest BCUT2D eigenvalue weighted by atomic mass is 32.2. The van der Waals surface area contributed by atoms with Crippen LogP contribution in [-0.2, 0) is 16.0 Å². The van der Waals surface area contributed by atoms with Gasteiger partial charge in [-0.1, -0.05) is 24.3 Å². The van der Waals surface area contributed by atoms with E-state index >= 15 is 0 Å². The Hall–Kier alpha value is -2.57. The van der Waals surface area contributed by atoms with Crippen LogP contribution >= 0.6 is 0 Å². The molecule has 0 saturated carbocycles. The lowest BCUT2D eigenvalue weighted by molar-refractivity contribution is -0.118. The molecule has 1 unspecified atom stereocenters. The van der Waals surface area contributed by atoms with Crippen LogP contribution in [0.4, 0.5) is 5.82 Å². The van der Waals surface area contributed by atoms with Crippen molar-refractivity contribution in [2.24, 2.45) is 0 Å². The molecule has 0 aliphatic carbocycles. The van der Waals surface area contributed by atoms with E-state index in [0.717, 1.165) is 21.4 Å². The molecule has 5 nitrogen and oxygen atoms in total. The van der Waals surface area contributed by atoms with Gasteiger partial charge < -0.3 is 9.29 Å². The molecule has 1 amide bonds. The third kappa shape index (κ3) is 4.59. The molecule has 0 N–H and O–H groups in total. The molecule has 1 aromatic heterocycles. The van der Waals surface area contributed by atoms with Crippen molar-refractivity contribution in [3.8, 4) is 5.75 Å². The summed E-state index contributed by atoms with van der Waals surface area (Å²) < 4.78 is 17.5. The number of benzene rings is 2. The standard InChI is InChI=1S/C21H22N2O3S/c1-23(21-19-7-4-3-6-16(19)13-14-22-21)20(24)8-5-15-27(25)18-11-9-17(26-2)10-12-18/h3-4,6-7,9-14H,5,8,15H2,1-2H3. The van der Waals surface area contributed by atoms with Crippen molar-refractivity contribution in [2.75, 3.05) is 24.8 Å². The van der Waals surface area contributed by atoms with Crippen molar-refractivity contribution >= 4 is 33.7 Å². The summed E-state index contributed by atoms with van der Waals surface area (Å²) in [4.78, 5) is 19.3. The van der Waals surface area contributed by atoms with Crippen LogP contribution in [0.25, 0.3) is 10.8 Å². The summed E-state index contributed by atoms with van der Waals surface area (Å²) in [6.07, 6.45) is 2.58. The Kier molecular flexibility index (Phi) is 6.32. The van der Waals surface area contributed by atoms with Crippen molar-refractivity contribution in [2.45, 2.75) is 17.7 Å². The molecule has 2 aromatic carbocycles. The first-order chi connectivity index (χ1) is 13.1. The van der Waals surface area contributed by atoms with Gasteiger partial charge in [0.05, 0.1) is 7.11 Å². The molecule has 27 heavy (non-hydrogen) atoms. The maximum absolute atomic E-state index is 12.6. The number of anilines is 1. The van der Waals surface area contributed by atoms with Crippen LogP contribution in [-0.4, -0.2) is 35.4 Å². The molecule has 0 spiro atoms. The van der Waals surface area contributed by atoms with E-state index in [0.29, 0.717) is 24.4 Å². The maximum Gasteiger partial charge on any atom is 0.228 e. The van der Waals surface area contributed by atoms with Gasteiger partial charge in [-0.05, 0) is 46.9 Å². The number of rotatable bonds is 7.